The Balaban J connectivity index is 1.63. The summed E-state index contributed by atoms with van der Waals surface area (Å²) in [7, 11) is 1.60. The van der Waals surface area contributed by atoms with Crippen molar-refractivity contribution in [1.82, 2.24) is 4.90 Å². The second-order valence-electron chi connectivity index (χ2n) is 8.56. The van der Waals surface area contributed by atoms with Gasteiger partial charge < -0.3 is 9.64 Å². The van der Waals surface area contributed by atoms with Gasteiger partial charge >= 0.3 is 0 Å². The van der Waals surface area contributed by atoms with Crippen molar-refractivity contribution in [2.75, 3.05) is 18.6 Å². The van der Waals surface area contributed by atoms with Crippen molar-refractivity contribution in [3.05, 3.63) is 100 Å². The average molecular weight is 439 g/mol. The fraction of sp³-hybridized carbons (Fsp3) is 0.214. The van der Waals surface area contributed by atoms with E-state index in [-0.39, 0.29) is 18.4 Å². The molecule has 0 saturated carbocycles. The van der Waals surface area contributed by atoms with Crippen molar-refractivity contribution in [2.45, 2.75) is 26.8 Å². The van der Waals surface area contributed by atoms with Crippen LogP contribution in [0.1, 0.15) is 27.8 Å². The third-order valence-electron chi connectivity index (χ3n) is 6.62. The maximum Gasteiger partial charge on any atom is 0.278 e. The first-order chi connectivity index (χ1) is 16.0. The first-order valence-electron chi connectivity index (χ1n) is 11.1. The monoisotopic (exact) mass is 438 g/mol. The standard InChI is InChI=1S/C28H26N2O3/c1-18-12-13-21(16-19(18)2)25-26(29-15-14-20-8-4-6-10-23(20)29)28(32)30(27(25)31)17-22-9-5-7-11-24(22)33-3/h4-13,16H,14-15,17H2,1-3H3. The van der Waals surface area contributed by atoms with Gasteiger partial charge in [0.05, 0.1) is 19.2 Å². The highest BCUT2D eigenvalue weighted by molar-refractivity contribution is 6.36. The molecule has 2 heterocycles. The summed E-state index contributed by atoms with van der Waals surface area (Å²) in [6, 6.07) is 21.5. The van der Waals surface area contributed by atoms with Gasteiger partial charge in [0, 0.05) is 17.8 Å². The number of carbonyl (C=O) groups is 2. The molecule has 0 aliphatic carbocycles. The predicted octanol–water partition coefficient (Wildman–Crippen LogP) is 4.65. The molecule has 33 heavy (non-hydrogen) atoms. The molecular formula is C28H26N2O3. The van der Waals surface area contributed by atoms with Crippen LogP contribution in [0.3, 0.4) is 0 Å². The van der Waals surface area contributed by atoms with Gasteiger partial charge in [-0.05, 0) is 54.7 Å². The lowest BCUT2D eigenvalue weighted by molar-refractivity contribution is -0.137. The number of carbonyl (C=O) groups excluding carboxylic acids is 2. The number of rotatable bonds is 5. The van der Waals surface area contributed by atoms with E-state index < -0.39 is 0 Å². The third-order valence-corrected chi connectivity index (χ3v) is 6.62. The molecule has 5 heteroatoms. The Morgan fingerprint density at radius 3 is 2.42 bits per heavy atom. The molecule has 0 saturated heterocycles. The molecule has 5 rings (SSSR count). The van der Waals surface area contributed by atoms with Crippen LogP contribution in [0.15, 0.2) is 72.4 Å². The van der Waals surface area contributed by atoms with E-state index in [0.717, 1.165) is 34.4 Å². The third kappa shape index (κ3) is 3.50. The lowest BCUT2D eigenvalue weighted by Gasteiger charge is -2.22. The van der Waals surface area contributed by atoms with E-state index in [1.165, 1.54) is 10.5 Å². The van der Waals surface area contributed by atoms with Crippen LogP contribution < -0.4 is 9.64 Å². The summed E-state index contributed by atoms with van der Waals surface area (Å²) in [5, 5.41) is 0. The van der Waals surface area contributed by atoms with Crippen LogP contribution in [0, 0.1) is 13.8 Å². The summed E-state index contributed by atoms with van der Waals surface area (Å²) in [5.41, 5.74) is 6.92. The van der Waals surface area contributed by atoms with Crippen LogP contribution in [0.5, 0.6) is 5.75 Å². The molecule has 0 N–H and O–H groups in total. The summed E-state index contributed by atoms with van der Waals surface area (Å²) in [5.74, 6) is 0.121. The number of aryl methyl sites for hydroxylation is 2. The van der Waals surface area contributed by atoms with Crippen molar-refractivity contribution >= 4 is 23.1 Å². The van der Waals surface area contributed by atoms with Crippen molar-refractivity contribution in [3.8, 4) is 5.75 Å². The van der Waals surface area contributed by atoms with Crippen molar-refractivity contribution < 1.29 is 14.3 Å². The molecule has 166 valence electrons. The van der Waals surface area contributed by atoms with E-state index >= 15 is 0 Å². The van der Waals surface area contributed by atoms with Gasteiger partial charge in [-0.1, -0.05) is 54.6 Å². The molecule has 0 fully saturated rings. The largest absolute Gasteiger partial charge is 0.496 e. The zero-order chi connectivity index (χ0) is 23.1. The normalized spacial score (nSPS) is 15.5. The summed E-state index contributed by atoms with van der Waals surface area (Å²) >= 11 is 0. The molecule has 3 aromatic rings. The van der Waals surface area contributed by atoms with Crippen LogP contribution in [0.4, 0.5) is 5.69 Å². The Kier molecular flexibility index (Phi) is 5.25. The molecule has 3 aromatic carbocycles. The van der Waals surface area contributed by atoms with E-state index in [9.17, 15) is 9.59 Å². The van der Waals surface area contributed by atoms with Gasteiger partial charge in [0.1, 0.15) is 11.4 Å². The number of anilines is 1. The number of ether oxygens (including phenoxy) is 1. The van der Waals surface area contributed by atoms with Crippen LogP contribution in [0.25, 0.3) is 5.57 Å². The highest BCUT2D eigenvalue weighted by Gasteiger charge is 2.43. The van der Waals surface area contributed by atoms with E-state index in [4.69, 9.17) is 4.74 Å². The number of hydrogen-bond donors (Lipinski definition) is 0. The zero-order valence-corrected chi connectivity index (χ0v) is 19.1. The predicted molar refractivity (Wildman–Crippen MR) is 129 cm³/mol. The Hall–Kier alpha value is -3.86. The number of hydrogen-bond acceptors (Lipinski definition) is 4. The fourth-order valence-electron chi connectivity index (χ4n) is 4.69. The maximum atomic E-state index is 13.8. The van der Waals surface area contributed by atoms with Gasteiger partial charge in [-0.15, -0.1) is 0 Å². The van der Waals surface area contributed by atoms with Gasteiger partial charge in [0.25, 0.3) is 11.8 Å². The lowest BCUT2D eigenvalue weighted by Crippen LogP contribution is -2.34. The van der Waals surface area contributed by atoms with Crippen LogP contribution in [-0.4, -0.2) is 30.4 Å². The SMILES string of the molecule is COc1ccccc1CN1C(=O)C(c2ccc(C)c(C)c2)=C(N2CCc3ccccc32)C1=O. The average Bonchev–Trinajstić information content (AvgIpc) is 3.35. The quantitative estimate of drug-likeness (QED) is 0.544. The highest BCUT2D eigenvalue weighted by atomic mass is 16.5. The van der Waals surface area contributed by atoms with Crippen molar-refractivity contribution in [3.63, 3.8) is 0 Å². The first-order valence-corrected chi connectivity index (χ1v) is 11.1. The van der Waals surface area contributed by atoms with E-state index in [1.54, 1.807) is 7.11 Å². The topological polar surface area (TPSA) is 49.9 Å². The molecule has 0 unspecified atom stereocenters. The Morgan fingerprint density at radius 1 is 0.879 bits per heavy atom. The second-order valence-corrected chi connectivity index (χ2v) is 8.56. The van der Waals surface area contributed by atoms with E-state index in [2.05, 4.69) is 6.07 Å². The number of imide groups is 1. The Bertz CT molecular complexity index is 1310. The zero-order valence-electron chi connectivity index (χ0n) is 19.1. The first kappa shape index (κ1) is 21.0. The fourth-order valence-corrected chi connectivity index (χ4v) is 4.69. The van der Waals surface area contributed by atoms with Gasteiger partial charge in [-0.25, -0.2) is 0 Å². The number of amides is 2. The number of nitrogens with zero attached hydrogens (tertiary/aromatic N) is 2. The molecular weight excluding hydrogens is 412 g/mol. The van der Waals surface area contributed by atoms with E-state index in [1.807, 2.05) is 79.4 Å². The van der Waals surface area contributed by atoms with Crippen LogP contribution >= 0.6 is 0 Å². The molecule has 0 aromatic heterocycles. The van der Waals surface area contributed by atoms with Gasteiger partial charge in [-0.3, -0.25) is 14.5 Å². The van der Waals surface area contributed by atoms with Gasteiger partial charge in [0.15, 0.2) is 0 Å². The smallest absolute Gasteiger partial charge is 0.278 e. The minimum absolute atomic E-state index is 0.162. The Morgan fingerprint density at radius 2 is 1.64 bits per heavy atom. The molecule has 0 radical (unpaired) electrons. The van der Waals surface area contributed by atoms with Gasteiger partial charge in [0.2, 0.25) is 0 Å². The van der Waals surface area contributed by atoms with E-state index in [0.29, 0.717) is 23.6 Å². The molecule has 2 aliphatic heterocycles. The highest BCUT2D eigenvalue weighted by Crippen LogP contribution is 2.39. The summed E-state index contributed by atoms with van der Waals surface area (Å²) < 4.78 is 5.47. The van der Waals surface area contributed by atoms with Crippen molar-refractivity contribution in [2.24, 2.45) is 0 Å². The molecule has 0 atom stereocenters. The van der Waals surface area contributed by atoms with Gasteiger partial charge in [-0.2, -0.15) is 0 Å². The Labute approximate surface area is 193 Å². The number of benzene rings is 3. The van der Waals surface area contributed by atoms with Crippen LogP contribution in [-0.2, 0) is 22.6 Å². The minimum atomic E-state index is -0.270. The number of para-hydroxylation sites is 2. The minimum Gasteiger partial charge on any atom is -0.496 e. The molecule has 0 bridgehead atoms. The number of fused-ring (bicyclic) bond motifs is 1. The molecule has 2 aliphatic rings. The molecule has 2 amide bonds. The summed E-state index contributed by atoms with van der Waals surface area (Å²) in [4.78, 5) is 31.0. The van der Waals surface area contributed by atoms with Crippen molar-refractivity contribution in [1.29, 1.82) is 0 Å². The number of methoxy groups -OCH3 is 1. The van der Waals surface area contributed by atoms with Crippen LogP contribution in [0.2, 0.25) is 0 Å². The molecule has 5 nitrogen and oxygen atoms in total. The second kappa shape index (κ2) is 8.24. The molecule has 0 spiro atoms. The lowest BCUT2D eigenvalue weighted by atomic mass is 9.99. The summed E-state index contributed by atoms with van der Waals surface area (Å²) in [6.45, 7) is 4.90. The summed E-state index contributed by atoms with van der Waals surface area (Å²) in [6.07, 6.45) is 0.841. The maximum absolute atomic E-state index is 13.8.